The molecular weight excluding hydrogens is 415 g/mol. The quantitative estimate of drug-likeness (QED) is 0.225. The van der Waals surface area contributed by atoms with E-state index in [0.29, 0.717) is 6.42 Å². The van der Waals surface area contributed by atoms with Gasteiger partial charge >= 0.3 is 29.6 Å². The van der Waals surface area contributed by atoms with E-state index in [-0.39, 0.29) is 34.5 Å². The van der Waals surface area contributed by atoms with Gasteiger partial charge in [0.25, 0.3) is 0 Å². The Labute approximate surface area is 212 Å². The maximum atomic E-state index is 11.9. The first-order valence-electron chi connectivity index (χ1n) is 12.0. The number of hydrogen-bond acceptors (Lipinski definition) is 3. The molecule has 3 nitrogen and oxygen atoms in total. The molecule has 0 radical (unpaired) electrons. The van der Waals surface area contributed by atoms with E-state index < -0.39 is 10.1 Å². The number of benzene rings is 2. The average Bonchev–Trinajstić information content (AvgIpc) is 2.72. The van der Waals surface area contributed by atoms with Gasteiger partial charge in [-0.15, -0.1) is 0 Å². The van der Waals surface area contributed by atoms with Crippen molar-refractivity contribution >= 4 is 20.9 Å². The van der Waals surface area contributed by atoms with Crippen molar-refractivity contribution in [2.75, 3.05) is 0 Å². The predicted octanol–water partition coefficient (Wildman–Crippen LogP) is 4.55. The Morgan fingerprint density at radius 2 is 1.23 bits per heavy atom. The Morgan fingerprint density at radius 1 is 0.710 bits per heavy atom. The van der Waals surface area contributed by atoms with E-state index in [1.165, 1.54) is 69.4 Å². The summed E-state index contributed by atoms with van der Waals surface area (Å²) in [7, 11) is -4.47. The Balaban J connectivity index is 0.00000480. The van der Waals surface area contributed by atoms with Crippen LogP contribution >= 0.6 is 0 Å². The zero-order chi connectivity index (χ0) is 21.8. The molecule has 0 aliphatic rings. The molecule has 0 saturated carbocycles. The second-order valence-electron chi connectivity index (χ2n) is 8.59. The van der Waals surface area contributed by atoms with E-state index in [1.54, 1.807) is 6.07 Å². The molecule has 0 unspecified atom stereocenters. The summed E-state index contributed by atoms with van der Waals surface area (Å²) in [6.07, 6.45) is 16.1. The van der Waals surface area contributed by atoms with E-state index >= 15 is 0 Å². The Morgan fingerprint density at radius 3 is 1.81 bits per heavy atom. The topological polar surface area (TPSA) is 57.2 Å². The first-order chi connectivity index (χ1) is 14.5. The molecule has 0 saturated heterocycles. The van der Waals surface area contributed by atoms with E-state index in [1.807, 2.05) is 0 Å². The fourth-order valence-electron chi connectivity index (χ4n) is 4.25. The van der Waals surface area contributed by atoms with Crippen molar-refractivity contribution in [3.63, 3.8) is 0 Å². The van der Waals surface area contributed by atoms with Crippen molar-refractivity contribution in [3.8, 4) is 0 Å². The molecule has 2 aromatic rings. The van der Waals surface area contributed by atoms with Crippen LogP contribution in [0.2, 0.25) is 0 Å². The molecule has 168 valence electrons. The van der Waals surface area contributed by atoms with Gasteiger partial charge in [0, 0.05) is 0 Å². The van der Waals surface area contributed by atoms with Crippen molar-refractivity contribution < 1.29 is 42.5 Å². The number of hydrogen-bond donors (Lipinski definition) is 0. The van der Waals surface area contributed by atoms with Crippen molar-refractivity contribution in [2.24, 2.45) is 0 Å². The van der Waals surface area contributed by atoms with Gasteiger partial charge < -0.3 is 4.55 Å². The fraction of sp³-hybridized carbons (Fsp3) is 0.615. The van der Waals surface area contributed by atoms with Crippen LogP contribution in [-0.2, 0) is 23.0 Å². The third-order valence-corrected chi connectivity index (χ3v) is 6.94. The molecule has 0 N–H and O–H groups in total. The molecule has 5 heteroatoms. The summed E-state index contributed by atoms with van der Waals surface area (Å²) >= 11 is 0. The van der Waals surface area contributed by atoms with Crippen LogP contribution < -0.4 is 29.6 Å². The zero-order valence-corrected chi connectivity index (χ0v) is 22.7. The zero-order valence-electron chi connectivity index (χ0n) is 19.9. The molecule has 31 heavy (non-hydrogen) atoms. The molecule has 0 atom stereocenters. The third kappa shape index (κ3) is 9.96. The average molecular weight is 455 g/mol. The molecule has 0 spiro atoms. The first kappa shape index (κ1) is 28.6. The van der Waals surface area contributed by atoms with Crippen molar-refractivity contribution in [2.45, 2.75) is 109 Å². The Bertz CT molecular complexity index is 878. The maximum Gasteiger partial charge on any atom is 1.00 e. The minimum Gasteiger partial charge on any atom is -0.744 e. The van der Waals surface area contributed by atoms with Crippen LogP contribution in [0.4, 0.5) is 0 Å². The van der Waals surface area contributed by atoms with Crippen LogP contribution in [0.3, 0.4) is 0 Å². The van der Waals surface area contributed by atoms with Crippen LogP contribution in [0.5, 0.6) is 0 Å². The van der Waals surface area contributed by atoms with Crippen LogP contribution in [0, 0.1) is 0 Å². The summed E-state index contributed by atoms with van der Waals surface area (Å²) in [5.74, 6) is 0. The summed E-state index contributed by atoms with van der Waals surface area (Å²) < 4.78 is 35.7. The van der Waals surface area contributed by atoms with Gasteiger partial charge in [0.15, 0.2) is 0 Å². The van der Waals surface area contributed by atoms with Gasteiger partial charge in [0.2, 0.25) is 0 Å². The van der Waals surface area contributed by atoms with Gasteiger partial charge in [-0.2, -0.15) is 0 Å². The molecule has 0 aromatic heterocycles. The summed E-state index contributed by atoms with van der Waals surface area (Å²) in [4.78, 5) is -0.0275. The maximum absolute atomic E-state index is 11.9. The van der Waals surface area contributed by atoms with E-state index in [2.05, 4.69) is 32.0 Å². The molecule has 0 amide bonds. The molecule has 0 aliphatic heterocycles. The van der Waals surface area contributed by atoms with Crippen LogP contribution in [0.15, 0.2) is 35.2 Å². The normalized spacial score (nSPS) is 11.6. The standard InChI is InChI=1S/C26H40O3S.Na/c1-3-5-7-9-11-13-15-22-17-18-23-19-20-26(30(27,28)29)24(25(23)21-22)16-14-12-10-8-6-4-2;/h17-21H,3-16H2,1-2H3,(H,27,28,29);/q;+1/p-1. The number of fused-ring (bicyclic) bond motifs is 1. The minimum absolute atomic E-state index is 0. The minimum atomic E-state index is -4.47. The number of rotatable bonds is 15. The van der Waals surface area contributed by atoms with E-state index in [0.717, 1.165) is 42.0 Å². The number of unbranched alkanes of at least 4 members (excludes halogenated alkanes) is 10. The Hall–Kier alpha value is -0.390. The second-order valence-corrected chi connectivity index (χ2v) is 9.94. The van der Waals surface area contributed by atoms with Crippen LogP contribution in [0.1, 0.15) is 102 Å². The first-order valence-corrected chi connectivity index (χ1v) is 13.4. The molecule has 2 rings (SSSR count). The van der Waals surface area contributed by atoms with Gasteiger partial charge in [-0.05, 0) is 53.6 Å². The van der Waals surface area contributed by atoms with E-state index in [4.69, 9.17) is 0 Å². The smallest absolute Gasteiger partial charge is 0.744 e. The largest absolute Gasteiger partial charge is 1.00 e. The van der Waals surface area contributed by atoms with Gasteiger partial charge in [-0.1, -0.05) is 102 Å². The second kappa shape index (κ2) is 15.4. The summed E-state index contributed by atoms with van der Waals surface area (Å²) in [6.45, 7) is 4.43. The SMILES string of the molecule is CCCCCCCCc1ccc2ccc(S(=O)(=O)[O-])c(CCCCCCCC)c2c1.[Na+]. The van der Waals surface area contributed by atoms with Gasteiger partial charge in [-0.25, -0.2) is 8.42 Å². The van der Waals surface area contributed by atoms with Crippen LogP contribution in [0.25, 0.3) is 10.8 Å². The number of aryl methyl sites for hydroxylation is 2. The third-order valence-electron chi connectivity index (χ3n) is 6.02. The molecular formula is C26H39NaO3S. The van der Waals surface area contributed by atoms with Crippen molar-refractivity contribution in [1.29, 1.82) is 0 Å². The van der Waals surface area contributed by atoms with Crippen molar-refractivity contribution in [1.82, 2.24) is 0 Å². The van der Waals surface area contributed by atoms with Gasteiger partial charge in [-0.3, -0.25) is 0 Å². The van der Waals surface area contributed by atoms with Gasteiger partial charge in [0.05, 0.1) is 4.90 Å². The monoisotopic (exact) mass is 454 g/mol. The van der Waals surface area contributed by atoms with E-state index in [9.17, 15) is 13.0 Å². The molecule has 0 heterocycles. The predicted molar refractivity (Wildman–Crippen MR) is 126 cm³/mol. The van der Waals surface area contributed by atoms with Crippen LogP contribution in [-0.4, -0.2) is 13.0 Å². The fourth-order valence-corrected chi connectivity index (χ4v) is 5.00. The molecule has 0 aliphatic carbocycles. The summed E-state index contributed by atoms with van der Waals surface area (Å²) in [5.41, 5.74) is 1.96. The summed E-state index contributed by atoms with van der Waals surface area (Å²) in [6, 6.07) is 9.63. The molecule has 0 bridgehead atoms. The Kier molecular flexibility index (Phi) is 14.3. The summed E-state index contributed by atoms with van der Waals surface area (Å²) in [5, 5.41) is 1.97. The van der Waals surface area contributed by atoms with Crippen molar-refractivity contribution in [3.05, 3.63) is 41.5 Å². The molecule has 2 aromatic carbocycles. The molecule has 0 fully saturated rings. The van der Waals surface area contributed by atoms with Gasteiger partial charge in [0.1, 0.15) is 10.1 Å².